The molecule has 98 valence electrons. The molecule has 0 aliphatic carbocycles. The molecular formula is C12H22N2O3. The largest absolute Gasteiger partial charge is 0.480 e. The van der Waals surface area contributed by atoms with E-state index in [0.717, 1.165) is 25.7 Å². The van der Waals surface area contributed by atoms with Gasteiger partial charge in [-0.2, -0.15) is 0 Å². The van der Waals surface area contributed by atoms with Gasteiger partial charge in [-0.3, -0.25) is 4.79 Å². The summed E-state index contributed by atoms with van der Waals surface area (Å²) < 4.78 is 0. The highest BCUT2D eigenvalue weighted by Gasteiger charge is 2.33. The first kappa shape index (κ1) is 14.0. The van der Waals surface area contributed by atoms with Gasteiger partial charge in [-0.15, -0.1) is 0 Å². The molecule has 1 rings (SSSR count). The zero-order chi connectivity index (χ0) is 12.8. The number of nitrogens with two attached hydrogens (primary N) is 1. The second-order valence-electron chi connectivity index (χ2n) is 4.71. The molecule has 17 heavy (non-hydrogen) atoms. The molecule has 0 radical (unpaired) electrons. The van der Waals surface area contributed by atoms with Crippen molar-refractivity contribution < 1.29 is 14.7 Å². The monoisotopic (exact) mass is 242 g/mol. The third-order valence-corrected chi connectivity index (χ3v) is 3.33. The van der Waals surface area contributed by atoms with Crippen LogP contribution in [0.25, 0.3) is 0 Å². The summed E-state index contributed by atoms with van der Waals surface area (Å²) in [5.41, 5.74) is 5.41. The first-order valence-corrected chi connectivity index (χ1v) is 6.31. The van der Waals surface area contributed by atoms with E-state index in [0.29, 0.717) is 19.5 Å². The molecule has 0 spiro atoms. The lowest BCUT2D eigenvalue weighted by atomic mass is 9.97. The van der Waals surface area contributed by atoms with Gasteiger partial charge in [0.05, 0.1) is 0 Å². The topological polar surface area (TPSA) is 83.6 Å². The third-order valence-electron chi connectivity index (χ3n) is 3.33. The molecule has 1 heterocycles. The number of piperidine rings is 1. The van der Waals surface area contributed by atoms with Crippen molar-refractivity contribution in [2.24, 2.45) is 11.7 Å². The number of carboxylic acid groups (broad SMARTS) is 1. The van der Waals surface area contributed by atoms with Gasteiger partial charge in [0.1, 0.15) is 6.04 Å². The lowest BCUT2D eigenvalue weighted by molar-refractivity contribution is -0.153. The van der Waals surface area contributed by atoms with Gasteiger partial charge in [0, 0.05) is 12.5 Å². The van der Waals surface area contributed by atoms with Crippen LogP contribution in [-0.2, 0) is 9.59 Å². The summed E-state index contributed by atoms with van der Waals surface area (Å²) in [4.78, 5) is 24.8. The first-order chi connectivity index (χ1) is 8.07. The Morgan fingerprint density at radius 1 is 1.47 bits per heavy atom. The minimum atomic E-state index is -0.885. The standard InChI is InChI=1S/C12H22N2O3/c1-9(5-4-7-13)11(15)14-8-3-2-6-10(14)12(16)17/h9-10H,2-8,13H2,1H3,(H,16,17)/t9?,10-/m0/s1. The summed E-state index contributed by atoms with van der Waals surface area (Å²) in [7, 11) is 0. The highest BCUT2D eigenvalue weighted by atomic mass is 16.4. The van der Waals surface area contributed by atoms with Crippen molar-refractivity contribution in [1.29, 1.82) is 0 Å². The number of carboxylic acids is 1. The molecule has 2 atom stereocenters. The van der Waals surface area contributed by atoms with E-state index in [-0.39, 0.29) is 11.8 Å². The Balaban J connectivity index is 2.61. The minimum absolute atomic E-state index is 0.0365. The predicted molar refractivity (Wildman–Crippen MR) is 64.4 cm³/mol. The number of hydrogen-bond donors (Lipinski definition) is 2. The van der Waals surface area contributed by atoms with E-state index in [9.17, 15) is 9.59 Å². The van der Waals surface area contributed by atoms with Crippen LogP contribution in [0.15, 0.2) is 0 Å². The molecule has 0 aromatic rings. The van der Waals surface area contributed by atoms with Gasteiger partial charge in [0.25, 0.3) is 0 Å². The van der Waals surface area contributed by atoms with Gasteiger partial charge < -0.3 is 15.7 Å². The molecule has 1 aliphatic rings. The maximum absolute atomic E-state index is 12.1. The van der Waals surface area contributed by atoms with E-state index in [1.165, 1.54) is 4.90 Å². The van der Waals surface area contributed by atoms with Crippen molar-refractivity contribution in [3.63, 3.8) is 0 Å². The molecule has 1 unspecified atom stereocenters. The number of nitrogens with zero attached hydrogens (tertiary/aromatic N) is 1. The van der Waals surface area contributed by atoms with Crippen LogP contribution in [0.1, 0.15) is 39.0 Å². The summed E-state index contributed by atoms with van der Waals surface area (Å²) in [6.07, 6.45) is 3.90. The molecular weight excluding hydrogens is 220 g/mol. The summed E-state index contributed by atoms with van der Waals surface area (Å²) >= 11 is 0. The normalized spacial score (nSPS) is 22.2. The molecule has 0 aromatic heterocycles. The van der Waals surface area contributed by atoms with E-state index in [1.807, 2.05) is 6.92 Å². The van der Waals surface area contributed by atoms with Crippen molar-refractivity contribution in [1.82, 2.24) is 4.90 Å². The van der Waals surface area contributed by atoms with Gasteiger partial charge >= 0.3 is 5.97 Å². The highest BCUT2D eigenvalue weighted by Crippen LogP contribution is 2.21. The Hall–Kier alpha value is -1.10. The maximum atomic E-state index is 12.1. The summed E-state index contributed by atoms with van der Waals surface area (Å²) in [6, 6.07) is -0.628. The van der Waals surface area contributed by atoms with E-state index in [2.05, 4.69) is 0 Å². The van der Waals surface area contributed by atoms with Crippen molar-refractivity contribution in [3.8, 4) is 0 Å². The van der Waals surface area contributed by atoms with Crippen LogP contribution in [-0.4, -0.2) is 41.0 Å². The van der Waals surface area contributed by atoms with Crippen LogP contribution in [0.5, 0.6) is 0 Å². The molecule has 3 N–H and O–H groups in total. The number of hydrogen-bond acceptors (Lipinski definition) is 3. The van der Waals surface area contributed by atoms with Gasteiger partial charge in [-0.1, -0.05) is 6.92 Å². The average Bonchev–Trinajstić information content (AvgIpc) is 2.34. The second-order valence-corrected chi connectivity index (χ2v) is 4.71. The fourth-order valence-corrected chi connectivity index (χ4v) is 2.28. The van der Waals surface area contributed by atoms with Gasteiger partial charge in [0.2, 0.25) is 5.91 Å². The van der Waals surface area contributed by atoms with Crippen molar-refractivity contribution in [2.45, 2.75) is 45.1 Å². The van der Waals surface area contributed by atoms with Crippen LogP contribution >= 0.6 is 0 Å². The lowest BCUT2D eigenvalue weighted by Gasteiger charge is -2.34. The number of amides is 1. The molecule has 5 heteroatoms. The zero-order valence-corrected chi connectivity index (χ0v) is 10.4. The van der Waals surface area contributed by atoms with E-state index in [4.69, 9.17) is 10.8 Å². The van der Waals surface area contributed by atoms with E-state index >= 15 is 0 Å². The van der Waals surface area contributed by atoms with Gasteiger partial charge in [-0.25, -0.2) is 4.79 Å². The molecule has 0 bridgehead atoms. The van der Waals surface area contributed by atoms with Crippen LogP contribution in [0, 0.1) is 5.92 Å². The second kappa shape index (κ2) is 6.59. The number of carbonyl (C=O) groups excluding carboxylic acids is 1. The quantitative estimate of drug-likeness (QED) is 0.748. The fourth-order valence-electron chi connectivity index (χ4n) is 2.28. The Kier molecular flexibility index (Phi) is 5.41. The molecule has 1 saturated heterocycles. The average molecular weight is 242 g/mol. The summed E-state index contributed by atoms with van der Waals surface area (Å²) in [5.74, 6) is -1.05. The zero-order valence-electron chi connectivity index (χ0n) is 10.4. The predicted octanol–water partition coefficient (Wildman–Crippen LogP) is 0.827. The molecule has 1 aliphatic heterocycles. The molecule has 0 saturated carbocycles. The number of carbonyl (C=O) groups is 2. The van der Waals surface area contributed by atoms with Crippen molar-refractivity contribution in [3.05, 3.63) is 0 Å². The fraction of sp³-hybridized carbons (Fsp3) is 0.833. The van der Waals surface area contributed by atoms with Gasteiger partial charge in [0.15, 0.2) is 0 Å². The van der Waals surface area contributed by atoms with E-state index in [1.54, 1.807) is 0 Å². The van der Waals surface area contributed by atoms with Crippen molar-refractivity contribution >= 4 is 11.9 Å². The summed E-state index contributed by atoms with van der Waals surface area (Å²) in [5, 5.41) is 9.10. The Morgan fingerprint density at radius 2 is 2.18 bits per heavy atom. The number of likely N-dealkylation sites (tertiary alicyclic amines) is 1. The van der Waals surface area contributed by atoms with Crippen molar-refractivity contribution in [2.75, 3.05) is 13.1 Å². The number of aliphatic carboxylic acids is 1. The summed E-state index contributed by atoms with van der Waals surface area (Å²) in [6.45, 7) is 2.99. The van der Waals surface area contributed by atoms with Crippen LogP contribution < -0.4 is 5.73 Å². The van der Waals surface area contributed by atoms with Crippen LogP contribution in [0.4, 0.5) is 0 Å². The smallest absolute Gasteiger partial charge is 0.326 e. The van der Waals surface area contributed by atoms with Crippen LogP contribution in [0.2, 0.25) is 0 Å². The van der Waals surface area contributed by atoms with Crippen LogP contribution in [0.3, 0.4) is 0 Å². The highest BCUT2D eigenvalue weighted by molar-refractivity contribution is 5.85. The first-order valence-electron chi connectivity index (χ1n) is 6.31. The Morgan fingerprint density at radius 3 is 2.76 bits per heavy atom. The SMILES string of the molecule is CC(CCCN)C(=O)N1CCCC[C@H]1C(=O)O. The Labute approximate surface area is 102 Å². The molecule has 1 fully saturated rings. The van der Waals surface area contributed by atoms with Gasteiger partial charge in [-0.05, 0) is 38.6 Å². The number of rotatable bonds is 5. The maximum Gasteiger partial charge on any atom is 0.326 e. The minimum Gasteiger partial charge on any atom is -0.480 e. The Bertz CT molecular complexity index is 281. The molecule has 0 aromatic carbocycles. The molecule has 1 amide bonds. The van der Waals surface area contributed by atoms with E-state index < -0.39 is 12.0 Å². The lowest BCUT2D eigenvalue weighted by Crippen LogP contribution is -2.49. The molecule has 5 nitrogen and oxygen atoms in total. The third kappa shape index (κ3) is 3.70.